The molecule has 9 nitrogen and oxygen atoms in total. The van der Waals surface area contributed by atoms with Gasteiger partial charge in [-0.1, -0.05) is 0 Å². The van der Waals surface area contributed by atoms with Crippen molar-refractivity contribution >= 4 is 21.7 Å². The molecule has 29 heavy (non-hydrogen) atoms. The van der Waals surface area contributed by atoms with Gasteiger partial charge in [-0.3, -0.25) is 4.79 Å². The Morgan fingerprint density at radius 3 is 2.59 bits per heavy atom. The highest BCUT2D eigenvalue weighted by atomic mass is 32.2. The number of methoxy groups -OCH3 is 1. The number of carbonyl (C=O) groups excluding carboxylic acids is 1. The summed E-state index contributed by atoms with van der Waals surface area (Å²) in [5.74, 6) is 1.87. The molecule has 0 spiro atoms. The Bertz CT molecular complexity index is 824. The molecule has 10 heteroatoms. The Morgan fingerprint density at radius 1 is 1.24 bits per heavy atom. The molecule has 0 radical (unpaired) electrons. The number of carbonyl (C=O) groups is 1. The fourth-order valence-corrected chi connectivity index (χ4v) is 5.10. The first kappa shape index (κ1) is 21.9. The number of anilines is 1. The molecule has 2 saturated heterocycles. The topological polar surface area (TPSA) is 105 Å². The second-order valence-corrected chi connectivity index (χ2v) is 9.85. The Hall–Kier alpha value is -1.78. The van der Waals surface area contributed by atoms with Crippen molar-refractivity contribution in [2.24, 2.45) is 0 Å². The lowest BCUT2D eigenvalue weighted by molar-refractivity contribution is -0.128. The molecular weight excluding hydrogens is 394 g/mol. The summed E-state index contributed by atoms with van der Waals surface area (Å²) in [5.41, 5.74) is 0.872. The van der Waals surface area contributed by atoms with Crippen LogP contribution in [0, 0.1) is 0 Å². The summed E-state index contributed by atoms with van der Waals surface area (Å²) in [6, 6.07) is 1.91. The van der Waals surface area contributed by atoms with Crippen LogP contribution in [0.5, 0.6) is 0 Å². The van der Waals surface area contributed by atoms with Crippen LogP contribution in [-0.4, -0.2) is 86.2 Å². The highest BCUT2D eigenvalue weighted by Gasteiger charge is 2.33. The van der Waals surface area contributed by atoms with Crippen LogP contribution in [0.3, 0.4) is 0 Å². The van der Waals surface area contributed by atoms with Crippen molar-refractivity contribution in [3.8, 4) is 0 Å². The third kappa shape index (κ3) is 5.04. The number of ether oxygens (including phenoxy) is 1. The van der Waals surface area contributed by atoms with Gasteiger partial charge >= 0.3 is 0 Å². The second-order valence-electron chi connectivity index (χ2n) is 7.59. The number of sulfonamides is 1. The highest BCUT2D eigenvalue weighted by Crippen LogP contribution is 2.32. The Kier molecular flexibility index (Phi) is 7.07. The second kappa shape index (κ2) is 9.36. The van der Waals surface area contributed by atoms with Gasteiger partial charge in [0.2, 0.25) is 15.9 Å². The zero-order valence-electron chi connectivity index (χ0n) is 17.4. The number of amides is 1. The van der Waals surface area contributed by atoms with E-state index in [9.17, 15) is 13.2 Å². The maximum absolute atomic E-state index is 12.3. The van der Waals surface area contributed by atoms with Gasteiger partial charge in [0.05, 0.1) is 18.1 Å². The van der Waals surface area contributed by atoms with E-state index in [1.165, 1.54) is 0 Å². The average Bonchev–Trinajstić information content (AvgIpc) is 3.12. The number of nitrogens with one attached hydrogen (secondary N) is 1. The SMILES string of the molecule is CCS(=O)(=O)N1CCC(c2nc(NC)cc([C@H]3CC(=O)N(CCOC)C3)n2)CC1. The Balaban J connectivity index is 1.74. The van der Waals surface area contributed by atoms with Gasteiger partial charge in [-0.15, -0.1) is 0 Å². The molecule has 1 atom stereocenters. The van der Waals surface area contributed by atoms with Crippen LogP contribution >= 0.6 is 0 Å². The fraction of sp³-hybridized carbons (Fsp3) is 0.737. The van der Waals surface area contributed by atoms with E-state index < -0.39 is 10.0 Å². The summed E-state index contributed by atoms with van der Waals surface area (Å²) >= 11 is 0. The molecule has 3 rings (SSSR count). The molecule has 1 N–H and O–H groups in total. The van der Waals surface area contributed by atoms with Crippen LogP contribution < -0.4 is 5.32 Å². The third-order valence-electron chi connectivity index (χ3n) is 5.79. The molecule has 1 aromatic rings. The Labute approximate surface area is 172 Å². The fourth-order valence-electron chi connectivity index (χ4n) is 3.97. The molecule has 2 fully saturated rings. The van der Waals surface area contributed by atoms with E-state index in [0.29, 0.717) is 52.0 Å². The molecule has 0 aliphatic carbocycles. The number of piperidine rings is 1. The van der Waals surface area contributed by atoms with Gasteiger partial charge in [0.1, 0.15) is 11.6 Å². The summed E-state index contributed by atoms with van der Waals surface area (Å²) in [5, 5.41) is 3.09. The number of rotatable bonds is 8. The van der Waals surface area contributed by atoms with Gasteiger partial charge in [-0.2, -0.15) is 0 Å². The van der Waals surface area contributed by atoms with E-state index in [1.54, 1.807) is 18.3 Å². The minimum Gasteiger partial charge on any atom is -0.383 e. The van der Waals surface area contributed by atoms with Crippen molar-refractivity contribution in [2.75, 3.05) is 58.0 Å². The summed E-state index contributed by atoms with van der Waals surface area (Å²) in [4.78, 5) is 23.6. The first-order chi connectivity index (χ1) is 13.9. The molecule has 0 unspecified atom stereocenters. The number of likely N-dealkylation sites (tertiary alicyclic amines) is 1. The molecule has 0 aromatic carbocycles. The monoisotopic (exact) mass is 425 g/mol. The molecule has 2 aliphatic rings. The molecule has 0 saturated carbocycles. The van der Waals surface area contributed by atoms with E-state index in [0.717, 1.165) is 17.3 Å². The van der Waals surface area contributed by atoms with E-state index in [2.05, 4.69) is 10.3 Å². The van der Waals surface area contributed by atoms with Crippen LogP contribution in [0.2, 0.25) is 0 Å². The number of aromatic nitrogens is 2. The summed E-state index contributed by atoms with van der Waals surface area (Å²) in [7, 11) is 0.292. The molecule has 1 amide bonds. The van der Waals surface area contributed by atoms with Crippen LogP contribution in [0.15, 0.2) is 6.07 Å². The minimum atomic E-state index is -3.15. The minimum absolute atomic E-state index is 0.0359. The Morgan fingerprint density at radius 2 is 1.97 bits per heavy atom. The zero-order valence-corrected chi connectivity index (χ0v) is 18.2. The largest absolute Gasteiger partial charge is 0.383 e. The summed E-state index contributed by atoms with van der Waals surface area (Å²) < 4.78 is 30.9. The normalized spacial score (nSPS) is 21.7. The smallest absolute Gasteiger partial charge is 0.223 e. The maximum Gasteiger partial charge on any atom is 0.223 e. The summed E-state index contributed by atoms with van der Waals surface area (Å²) in [6.45, 7) is 4.41. The van der Waals surface area contributed by atoms with E-state index in [4.69, 9.17) is 9.72 Å². The quantitative estimate of drug-likeness (QED) is 0.663. The zero-order chi connectivity index (χ0) is 21.0. The van der Waals surface area contributed by atoms with Crippen molar-refractivity contribution in [1.29, 1.82) is 0 Å². The average molecular weight is 426 g/mol. The van der Waals surface area contributed by atoms with Gasteiger partial charge in [0, 0.05) is 64.7 Å². The van der Waals surface area contributed by atoms with Gasteiger partial charge in [0.25, 0.3) is 0 Å². The number of hydrogen-bond donors (Lipinski definition) is 1. The predicted molar refractivity (Wildman–Crippen MR) is 110 cm³/mol. The van der Waals surface area contributed by atoms with E-state index in [1.807, 2.05) is 18.0 Å². The molecule has 162 valence electrons. The molecule has 1 aromatic heterocycles. The van der Waals surface area contributed by atoms with E-state index >= 15 is 0 Å². The van der Waals surface area contributed by atoms with Gasteiger partial charge in [0.15, 0.2) is 0 Å². The van der Waals surface area contributed by atoms with Crippen molar-refractivity contribution in [3.05, 3.63) is 17.6 Å². The lowest BCUT2D eigenvalue weighted by Crippen LogP contribution is -2.39. The van der Waals surface area contributed by atoms with Crippen LogP contribution in [-0.2, 0) is 19.6 Å². The van der Waals surface area contributed by atoms with Crippen LogP contribution in [0.25, 0.3) is 0 Å². The number of nitrogens with zero attached hydrogens (tertiary/aromatic N) is 4. The molecule has 0 bridgehead atoms. The van der Waals surface area contributed by atoms with Crippen LogP contribution in [0.1, 0.15) is 49.5 Å². The maximum atomic E-state index is 12.3. The van der Waals surface area contributed by atoms with Crippen molar-refractivity contribution in [1.82, 2.24) is 19.2 Å². The predicted octanol–water partition coefficient (Wildman–Crippen LogP) is 1.01. The van der Waals surface area contributed by atoms with Crippen LogP contribution in [0.4, 0.5) is 5.82 Å². The van der Waals surface area contributed by atoms with Gasteiger partial charge in [-0.25, -0.2) is 22.7 Å². The lowest BCUT2D eigenvalue weighted by atomic mass is 9.96. The third-order valence-corrected chi connectivity index (χ3v) is 7.68. The molecule has 2 aliphatic heterocycles. The van der Waals surface area contributed by atoms with Gasteiger partial charge < -0.3 is 15.0 Å². The first-order valence-corrected chi connectivity index (χ1v) is 11.8. The van der Waals surface area contributed by atoms with Gasteiger partial charge in [-0.05, 0) is 19.8 Å². The highest BCUT2D eigenvalue weighted by molar-refractivity contribution is 7.89. The van der Waals surface area contributed by atoms with Crippen molar-refractivity contribution in [3.63, 3.8) is 0 Å². The van der Waals surface area contributed by atoms with Crippen molar-refractivity contribution < 1.29 is 17.9 Å². The van der Waals surface area contributed by atoms with E-state index in [-0.39, 0.29) is 23.5 Å². The lowest BCUT2D eigenvalue weighted by Gasteiger charge is -2.30. The molecular formula is C19H31N5O4S. The van der Waals surface area contributed by atoms with Crippen molar-refractivity contribution in [2.45, 2.75) is 38.0 Å². The molecule has 3 heterocycles. The number of hydrogen-bond acceptors (Lipinski definition) is 7. The standard InChI is InChI=1S/C19H31N5O4S/c1-4-29(26,27)24-7-5-14(6-8-24)19-21-16(12-17(20-2)22-19)15-11-18(25)23(13-15)9-10-28-3/h12,14-15H,4-11,13H2,1-3H3,(H,20,21,22)/t15-/m0/s1. The first-order valence-electron chi connectivity index (χ1n) is 10.2. The summed E-state index contributed by atoms with van der Waals surface area (Å²) in [6.07, 6.45) is 1.85.